The zero-order chi connectivity index (χ0) is 18.2. The van der Waals surface area contributed by atoms with E-state index in [1.54, 1.807) is 7.11 Å². The normalized spacial score (nSPS) is 19.4. The molecule has 1 aromatic carbocycles. The first-order valence-corrected chi connectivity index (χ1v) is 10.1. The molecule has 1 atom stereocenters. The van der Waals surface area contributed by atoms with Crippen molar-refractivity contribution in [3.05, 3.63) is 29.8 Å². The van der Waals surface area contributed by atoms with E-state index < -0.39 is 0 Å². The zero-order valence-electron chi connectivity index (χ0n) is 16.3. The van der Waals surface area contributed by atoms with Gasteiger partial charge in [-0.2, -0.15) is 0 Å². The summed E-state index contributed by atoms with van der Waals surface area (Å²) < 4.78 is 5.63. The number of hydrogen-bond donors (Lipinski definition) is 2. The van der Waals surface area contributed by atoms with Gasteiger partial charge in [-0.3, -0.25) is 9.89 Å². The zero-order valence-corrected chi connectivity index (χ0v) is 16.3. The van der Waals surface area contributed by atoms with E-state index >= 15 is 0 Å². The standard InChI is InChI=1S/C21H34N4O/c1-22-21(23-13-7-8-17-11-12-17)24-16-19(25-14-5-6-15-25)18-9-3-4-10-20(18)26-2/h3-4,9-10,17,19H,5-8,11-16H2,1-2H3,(H2,22,23,24). The second kappa shape index (κ2) is 9.81. The van der Waals surface area contributed by atoms with Crippen LogP contribution in [0.15, 0.2) is 29.3 Å². The molecular weight excluding hydrogens is 324 g/mol. The van der Waals surface area contributed by atoms with Crippen molar-refractivity contribution >= 4 is 5.96 Å². The topological polar surface area (TPSA) is 48.9 Å². The molecule has 1 aliphatic carbocycles. The van der Waals surface area contributed by atoms with E-state index in [2.05, 4.69) is 38.7 Å². The third-order valence-corrected chi connectivity index (χ3v) is 5.54. The monoisotopic (exact) mass is 358 g/mol. The van der Waals surface area contributed by atoms with Crippen molar-refractivity contribution < 1.29 is 4.74 Å². The third-order valence-electron chi connectivity index (χ3n) is 5.54. The van der Waals surface area contributed by atoms with Gasteiger partial charge in [0.25, 0.3) is 0 Å². The Hall–Kier alpha value is -1.75. The van der Waals surface area contributed by atoms with Gasteiger partial charge < -0.3 is 15.4 Å². The van der Waals surface area contributed by atoms with E-state index in [-0.39, 0.29) is 0 Å². The average Bonchev–Trinajstić information content (AvgIpc) is 3.35. The van der Waals surface area contributed by atoms with Crippen molar-refractivity contribution in [2.24, 2.45) is 10.9 Å². The maximum atomic E-state index is 5.63. The number of rotatable bonds is 9. The minimum Gasteiger partial charge on any atom is -0.496 e. The molecule has 0 amide bonds. The number of nitrogens with zero attached hydrogens (tertiary/aromatic N) is 2. The fourth-order valence-corrected chi connectivity index (χ4v) is 3.85. The fraction of sp³-hybridized carbons (Fsp3) is 0.667. The molecule has 2 N–H and O–H groups in total. The molecular formula is C21H34N4O. The Morgan fingerprint density at radius 2 is 2.00 bits per heavy atom. The molecule has 1 unspecified atom stereocenters. The van der Waals surface area contributed by atoms with Crippen LogP contribution in [0.1, 0.15) is 50.1 Å². The van der Waals surface area contributed by atoms with Crippen molar-refractivity contribution in [3.63, 3.8) is 0 Å². The summed E-state index contributed by atoms with van der Waals surface area (Å²) in [6, 6.07) is 8.69. The second-order valence-electron chi connectivity index (χ2n) is 7.47. The van der Waals surface area contributed by atoms with Crippen LogP contribution >= 0.6 is 0 Å². The van der Waals surface area contributed by atoms with Crippen LogP contribution in [0.4, 0.5) is 0 Å². The van der Waals surface area contributed by atoms with E-state index in [0.29, 0.717) is 6.04 Å². The lowest BCUT2D eigenvalue weighted by Gasteiger charge is -2.30. The molecule has 5 heteroatoms. The number of methoxy groups -OCH3 is 1. The Labute approximate surface area is 158 Å². The van der Waals surface area contributed by atoms with Gasteiger partial charge in [-0.25, -0.2) is 0 Å². The number of guanidine groups is 1. The fourth-order valence-electron chi connectivity index (χ4n) is 3.85. The van der Waals surface area contributed by atoms with Crippen LogP contribution in [0.5, 0.6) is 5.75 Å². The summed E-state index contributed by atoms with van der Waals surface area (Å²) in [6.07, 6.45) is 8.00. The van der Waals surface area contributed by atoms with Gasteiger partial charge in [0, 0.05) is 25.7 Å². The highest BCUT2D eigenvalue weighted by atomic mass is 16.5. The van der Waals surface area contributed by atoms with Crippen molar-refractivity contribution in [2.45, 2.75) is 44.6 Å². The van der Waals surface area contributed by atoms with Crippen LogP contribution in [-0.4, -0.2) is 51.2 Å². The molecule has 26 heavy (non-hydrogen) atoms. The third kappa shape index (κ3) is 5.37. The summed E-state index contributed by atoms with van der Waals surface area (Å²) in [5.74, 6) is 2.87. The molecule has 144 valence electrons. The summed E-state index contributed by atoms with van der Waals surface area (Å²) in [5.41, 5.74) is 1.26. The summed E-state index contributed by atoms with van der Waals surface area (Å²) in [5, 5.41) is 7.01. The predicted molar refractivity (Wildman–Crippen MR) is 108 cm³/mol. The van der Waals surface area contributed by atoms with Gasteiger partial charge >= 0.3 is 0 Å². The van der Waals surface area contributed by atoms with E-state index in [0.717, 1.165) is 43.8 Å². The molecule has 0 radical (unpaired) electrons. The molecule has 1 heterocycles. The Kier molecular flexibility index (Phi) is 7.18. The minimum absolute atomic E-state index is 0.304. The van der Waals surface area contributed by atoms with E-state index in [1.165, 1.54) is 44.1 Å². The molecule has 2 fully saturated rings. The van der Waals surface area contributed by atoms with Crippen LogP contribution in [0.3, 0.4) is 0 Å². The van der Waals surface area contributed by atoms with Crippen LogP contribution in [0.25, 0.3) is 0 Å². The van der Waals surface area contributed by atoms with Crippen LogP contribution in [-0.2, 0) is 0 Å². The lowest BCUT2D eigenvalue weighted by molar-refractivity contribution is 0.239. The second-order valence-corrected chi connectivity index (χ2v) is 7.47. The number of aliphatic imine (C=N–C) groups is 1. The van der Waals surface area contributed by atoms with Gasteiger partial charge in [0.1, 0.15) is 5.75 Å². The highest BCUT2D eigenvalue weighted by molar-refractivity contribution is 5.79. The lowest BCUT2D eigenvalue weighted by atomic mass is 10.0. The number of hydrogen-bond acceptors (Lipinski definition) is 3. The van der Waals surface area contributed by atoms with E-state index in [4.69, 9.17) is 4.74 Å². The summed E-state index contributed by atoms with van der Waals surface area (Å²) >= 11 is 0. The van der Waals surface area contributed by atoms with E-state index in [1.807, 2.05) is 13.1 Å². The highest BCUT2D eigenvalue weighted by Gasteiger charge is 2.26. The van der Waals surface area contributed by atoms with Crippen molar-refractivity contribution in [2.75, 3.05) is 40.3 Å². The largest absolute Gasteiger partial charge is 0.496 e. The van der Waals surface area contributed by atoms with Crippen LogP contribution < -0.4 is 15.4 Å². The maximum absolute atomic E-state index is 5.63. The van der Waals surface area contributed by atoms with Crippen LogP contribution in [0.2, 0.25) is 0 Å². The predicted octanol–water partition coefficient (Wildman–Crippen LogP) is 3.19. The number of ether oxygens (including phenoxy) is 1. The first-order valence-electron chi connectivity index (χ1n) is 10.1. The SMILES string of the molecule is CN=C(NCCCC1CC1)NCC(c1ccccc1OC)N1CCCC1. The van der Waals surface area contributed by atoms with Gasteiger partial charge in [0.05, 0.1) is 13.2 Å². The molecule has 0 spiro atoms. The number of benzene rings is 1. The van der Waals surface area contributed by atoms with Crippen molar-refractivity contribution in [1.82, 2.24) is 15.5 Å². The molecule has 1 saturated heterocycles. The van der Waals surface area contributed by atoms with Crippen molar-refractivity contribution in [1.29, 1.82) is 0 Å². The van der Waals surface area contributed by atoms with Gasteiger partial charge in [-0.1, -0.05) is 31.0 Å². The number of likely N-dealkylation sites (tertiary alicyclic amines) is 1. The number of nitrogens with one attached hydrogen (secondary N) is 2. The first-order chi connectivity index (χ1) is 12.8. The molecule has 0 bridgehead atoms. The summed E-state index contributed by atoms with van der Waals surface area (Å²) in [4.78, 5) is 6.96. The summed E-state index contributed by atoms with van der Waals surface area (Å²) in [6.45, 7) is 4.14. The molecule has 5 nitrogen and oxygen atoms in total. The molecule has 3 rings (SSSR count). The smallest absolute Gasteiger partial charge is 0.191 e. The van der Waals surface area contributed by atoms with Gasteiger partial charge in [-0.15, -0.1) is 0 Å². The molecule has 2 aliphatic rings. The molecule has 1 aliphatic heterocycles. The molecule has 0 aromatic heterocycles. The van der Waals surface area contributed by atoms with Gasteiger partial charge in [-0.05, 0) is 50.8 Å². The van der Waals surface area contributed by atoms with Gasteiger partial charge in [0.15, 0.2) is 5.96 Å². The Bertz CT molecular complexity index is 579. The van der Waals surface area contributed by atoms with E-state index in [9.17, 15) is 0 Å². The molecule has 1 aromatic rings. The average molecular weight is 359 g/mol. The molecule has 1 saturated carbocycles. The lowest BCUT2D eigenvalue weighted by Crippen LogP contribution is -2.43. The Morgan fingerprint density at radius 1 is 1.23 bits per heavy atom. The Morgan fingerprint density at radius 3 is 2.69 bits per heavy atom. The maximum Gasteiger partial charge on any atom is 0.191 e. The van der Waals surface area contributed by atoms with Gasteiger partial charge in [0.2, 0.25) is 0 Å². The first kappa shape index (κ1) is 19.0. The quantitative estimate of drug-likeness (QED) is 0.404. The van der Waals surface area contributed by atoms with Crippen molar-refractivity contribution in [3.8, 4) is 5.75 Å². The highest BCUT2D eigenvalue weighted by Crippen LogP contribution is 2.33. The summed E-state index contributed by atoms with van der Waals surface area (Å²) in [7, 11) is 3.61. The minimum atomic E-state index is 0.304. The Balaban J connectivity index is 1.57. The van der Waals surface area contributed by atoms with Crippen LogP contribution in [0, 0.1) is 5.92 Å². The number of para-hydroxylation sites is 1.